The molecule has 2 aliphatic rings. The molecule has 2 aromatic carbocycles. The lowest BCUT2D eigenvalue weighted by molar-refractivity contribution is 0.0712. The van der Waals surface area contributed by atoms with E-state index in [1.54, 1.807) is 18.3 Å². The van der Waals surface area contributed by atoms with Crippen LogP contribution in [0.15, 0.2) is 60.8 Å². The number of anilines is 2. The summed E-state index contributed by atoms with van der Waals surface area (Å²) in [6.45, 7) is 8.44. The Morgan fingerprint density at radius 2 is 1.59 bits per heavy atom. The standard InChI is InChI=1S/C30H34N4O3/c1-21-3-6-23(7-4-21)24-11-13-34(14-12-24)30(36)25-8-5-22(2)27(19-25)32-29(35)26-9-10-28(31-20-26)33-15-17-37-18-16-33/h3-10,19-20,24H,11-18H2,1-2H3,(H,32,35). The van der Waals surface area contributed by atoms with Crippen LogP contribution in [-0.4, -0.2) is 61.1 Å². The largest absolute Gasteiger partial charge is 0.378 e. The number of nitrogens with zero attached hydrogens (tertiary/aromatic N) is 3. The number of pyridine rings is 1. The average Bonchev–Trinajstić information content (AvgIpc) is 2.95. The maximum absolute atomic E-state index is 13.3. The molecule has 1 aromatic heterocycles. The second kappa shape index (κ2) is 11.1. The van der Waals surface area contributed by atoms with Crippen molar-refractivity contribution in [3.8, 4) is 0 Å². The highest BCUT2D eigenvalue weighted by Gasteiger charge is 2.25. The van der Waals surface area contributed by atoms with E-state index in [0.29, 0.717) is 35.9 Å². The Labute approximate surface area is 218 Å². The number of hydrogen-bond donors (Lipinski definition) is 1. The number of amides is 2. The lowest BCUT2D eigenvalue weighted by atomic mass is 9.89. The van der Waals surface area contributed by atoms with Gasteiger partial charge in [0.15, 0.2) is 0 Å². The van der Waals surface area contributed by atoms with Crippen LogP contribution in [0, 0.1) is 13.8 Å². The Morgan fingerprint density at radius 3 is 2.27 bits per heavy atom. The van der Waals surface area contributed by atoms with Crippen molar-refractivity contribution < 1.29 is 14.3 Å². The summed E-state index contributed by atoms with van der Waals surface area (Å²) in [7, 11) is 0. The summed E-state index contributed by atoms with van der Waals surface area (Å²) in [6, 6.07) is 17.9. The summed E-state index contributed by atoms with van der Waals surface area (Å²) in [6.07, 6.45) is 3.51. The SMILES string of the molecule is Cc1ccc(C2CCN(C(=O)c3ccc(C)c(NC(=O)c4ccc(N5CCOCC5)nc4)c3)CC2)cc1. The van der Waals surface area contributed by atoms with Gasteiger partial charge in [0.2, 0.25) is 0 Å². The van der Waals surface area contributed by atoms with E-state index < -0.39 is 0 Å². The maximum atomic E-state index is 13.3. The van der Waals surface area contributed by atoms with Gasteiger partial charge in [-0.25, -0.2) is 4.98 Å². The Balaban J connectivity index is 1.21. The van der Waals surface area contributed by atoms with Crippen molar-refractivity contribution in [1.82, 2.24) is 9.88 Å². The highest BCUT2D eigenvalue weighted by atomic mass is 16.5. The molecule has 2 aliphatic heterocycles. The molecule has 192 valence electrons. The molecule has 5 rings (SSSR count). The van der Waals surface area contributed by atoms with Crippen molar-refractivity contribution in [3.63, 3.8) is 0 Å². The van der Waals surface area contributed by atoms with E-state index in [-0.39, 0.29) is 11.8 Å². The number of carbonyl (C=O) groups excluding carboxylic acids is 2. The first-order valence-electron chi connectivity index (χ1n) is 13.0. The molecular weight excluding hydrogens is 464 g/mol. The van der Waals surface area contributed by atoms with Gasteiger partial charge in [-0.15, -0.1) is 0 Å². The number of carbonyl (C=O) groups is 2. The number of aryl methyl sites for hydroxylation is 2. The lowest BCUT2D eigenvalue weighted by Gasteiger charge is -2.32. The molecule has 1 N–H and O–H groups in total. The van der Waals surface area contributed by atoms with E-state index in [1.807, 2.05) is 30.0 Å². The summed E-state index contributed by atoms with van der Waals surface area (Å²) in [5.41, 5.74) is 5.23. The fourth-order valence-electron chi connectivity index (χ4n) is 5.02. The number of piperidine rings is 1. The first-order valence-corrected chi connectivity index (χ1v) is 13.0. The number of nitrogens with one attached hydrogen (secondary N) is 1. The van der Waals surface area contributed by atoms with Crippen LogP contribution in [0.5, 0.6) is 0 Å². The third-order valence-corrected chi connectivity index (χ3v) is 7.41. The highest BCUT2D eigenvalue weighted by molar-refractivity contribution is 6.05. The minimum atomic E-state index is -0.243. The lowest BCUT2D eigenvalue weighted by Crippen LogP contribution is -2.38. The van der Waals surface area contributed by atoms with E-state index in [4.69, 9.17) is 4.74 Å². The topological polar surface area (TPSA) is 74.8 Å². The number of hydrogen-bond acceptors (Lipinski definition) is 5. The number of likely N-dealkylation sites (tertiary alicyclic amines) is 1. The predicted molar refractivity (Wildman–Crippen MR) is 145 cm³/mol. The molecule has 2 saturated heterocycles. The zero-order valence-electron chi connectivity index (χ0n) is 21.6. The number of rotatable bonds is 5. The van der Waals surface area contributed by atoms with Crippen LogP contribution < -0.4 is 10.2 Å². The van der Waals surface area contributed by atoms with Crippen LogP contribution in [0.25, 0.3) is 0 Å². The van der Waals surface area contributed by atoms with Gasteiger partial charge in [-0.3, -0.25) is 9.59 Å². The van der Waals surface area contributed by atoms with E-state index in [0.717, 1.165) is 50.4 Å². The van der Waals surface area contributed by atoms with E-state index in [9.17, 15) is 9.59 Å². The van der Waals surface area contributed by atoms with Crippen LogP contribution in [0.1, 0.15) is 56.2 Å². The van der Waals surface area contributed by atoms with Crippen LogP contribution in [0.3, 0.4) is 0 Å². The molecule has 0 atom stereocenters. The Morgan fingerprint density at radius 1 is 0.892 bits per heavy atom. The van der Waals surface area contributed by atoms with Gasteiger partial charge in [0.1, 0.15) is 5.82 Å². The van der Waals surface area contributed by atoms with E-state index >= 15 is 0 Å². The molecule has 0 bridgehead atoms. The zero-order chi connectivity index (χ0) is 25.8. The van der Waals surface area contributed by atoms with Crippen LogP contribution >= 0.6 is 0 Å². The highest BCUT2D eigenvalue weighted by Crippen LogP contribution is 2.29. The van der Waals surface area contributed by atoms with Crippen LogP contribution in [-0.2, 0) is 4.74 Å². The zero-order valence-corrected chi connectivity index (χ0v) is 21.6. The number of benzene rings is 2. The summed E-state index contributed by atoms with van der Waals surface area (Å²) in [5.74, 6) is 1.09. The van der Waals surface area contributed by atoms with Crippen molar-refractivity contribution in [2.45, 2.75) is 32.6 Å². The molecule has 2 fully saturated rings. The quantitative estimate of drug-likeness (QED) is 0.547. The van der Waals surface area contributed by atoms with Crippen LogP contribution in [0.2, 0.25) is 0 Å². The second-order valence-electron chi connectivity index (χ2n) is 9.97. The van der Waals surface area contributed by atoms with Crippen LogP contribution in [0.4, 0.5) is 11.5 Å². The second-order valence-corrected chi connectivity index (χ2v) is 9.97. The van der Waals surface area contributed by atoms with Gasteiger partial charge in [-0.05, 0) is 68.0 Å². The Kier molecular flexibility index (Phi) is 7.51. The molecule has 7 nitrogen and oxygen atoms in total. The Hall–Kier alpha value is -3.71. The molecule has 0 aliphatic carbocycles. The fourth-order valence-corrected chi connectivity index (χ4v) is 5.02. The van der Waals surface area contributed by atoms with E-state index in [1.165, 1.54) is 11.1 Å². The van der Waals surface area contributed by atoms with E-state index in [2.05, 4.69) is 46.4 Å². The molecule has 0 saturated carbocycles. The third-order valence-electron chi connectivity index (χ3n) is 7.41. The van der Waals surface area contributed by atoms with Crippen molar-refractivity contribution in [2.75, 3.05) is 49.6 Å². The van der Waals surface area contributed by atoms with Gasteiger partial charge < -0.3 is 19.9 Å². The summed E-state index contributed by atoms with van der Waals surface area (Å²) in [4.78, 5) is 34.8. The van der Waals surface area contributed by atoms with Gasteiger partial charge in [-0.1, -0.05) is 35.9 Å². The van der Waals surface area contributed by atoms with Crippen molar-refractivity contribution in [1.29, 1.82) is 0 Å². The van der Waals surface area contributed by atoms with Gasteiger partial charge in [-0.2, -0.15) is 0 Å². The Bertz CT molecular complexity index is 1240. The first kappa shape index (κ1) is 25.0. The molecule has 0 unspecified atom stereocenters. The third kappa shape index (κ3) is 5.83. The summed E-state index contributed by atoms with van der Waals surface area (Å²) >= 11 is 0. The number of ether oxygens (including phenoxy) is 1. The van der Waals surface area contributed by atoms with Gasteiger partial charge in [0.05, 0.1) is 18.8 Å². The minimum absolute atomic E-state index is 0.00869. The molecule has 0 spiro atoms. The smallest absolute Gasteiger partial charge is 0.257 e. The van der Waals surface area contributed by atoms with Crippen molar-refractivity contribution in [3.05, 3.63) is 88.6 Å². The molecule has 3 aromatic rings. The van der Waals surface area contributed by atoms with Crippen molar-refractivity contribution >= 4 is 23.3 Å². The summed E-state index contributed by atoms with van der Waals surface area (Å²) in [5, 5.41) is 2.97. The molecule has 2 amide bonds. The molecule has 37 heavy (non-hydrogen) atoms. The molecule has 7 heteroatoms. The van der Waals surface area contributed by atoms with Gasteiger partial charge in [0, 0.05) is 43.6 Å². The maximum Gasteiger partial charge on any atom is 0.257 e. The normalized spacial score (nSPS) is 16.5. The number of morpholine rings is 1. The van der Waals surface area contributed by atoms with Crippen molar-refractivity contribution in [2.24, 2.45) is 0 Å². The molecular formula is C30H34N4O3. The fraction of sp³-hybridized carbons (Fsp3) is 0.367. The minimum Gasteiger partial charge on any atom is -0.378 e. The monoisotopic (exact) mass is 498 g/mol. The number of aromatic nitrogens is 1. The predicted octanol–water partition coefficient (Wildman–Crippen LogP) is 4.81. The van der Waals surface area contributed by atoms with Gasteiger partial charge >= 0.3 is 0 Å². The first-order chi connectivity index (χ1) is 18.0. The van der Waals surface area contributed by atoms with Gasteiger partial charge in [0.25, 0.3) is 11.8 Å². The average molecular weight is 499 g/mol. The molecule has 0 radical (unpaired) electrons. The molecule has 3 heterocycles. The summed E-state index contributed by atoms with van der Waals surface area (Å²) < 4.78 is 5.39.